The molecule has 0 aromatic carbocycles. The number of nitrogens with zero attached hydrogens (tertiary/aromatic N) is 4. The molecule has 2 aromatic heterocycles. The van der Waals surface area contributed by atoms with Crippen molar-refractivity contribution in [2.24, 2.45) is 0 Å². The van der Waals surface area contributed by atoms with Crippen LogP contribution in [0.25, 0.3) is 5.13 Å². The van der Waals surface area contributed by atoms with Gasteiger partial charge in [0.25, 0.3) is 0 Å². The Hall–Kier alpha value is -1.76. The molecule has 16 heavy (non-hydrogen) atoms. The molecule has 6 nitrogen and oxygen atoms in total. The molecule has 7 heteroatoms. The number of rotatable bonds is 3. The van der Waals surface area contributed by atoms with Gasteiger partial charge in [-0.25, -0.2) is 14.5 Å². The molecule has 0 bridgehead atoms. The second kappa shape index (κ2) is 4.01. The molecule has 0 saturated carbocycles. The molecule has 0 radical (unpaired) electrons. The zero-order valence-electron chi connectivity index (χ0n) is 8.84. The average molecular weight is 238 g/mol. The van der Waals surface area contributed by atoms with Gasteiger partial charge in [0, 0.05) is 24.2 Å². The second-order valence-electron chi connectivity index (χ2n) is 3.22. The van der Waals surface area contributed by atoms with E-state index in [1.807, 2.05) is 6.92 Å². The van der Waals surface area contributed by atoms with Crippen LogP contribution in [0.3, 0.4) is 0 Å². The molecule has 0 atom stereocenters. The summed E-state index contributed by atoms with van der Waals surface area (Å²) in [5, 5.41) is 13.6. The van der Waals surface area contributed by atoms with E-state index in [2.05, 4.69) is 14.5 Å². The van der Waals surface area contributed by atoms with Gasteiger partial charge in [0.15, 0.2) is 0 Å². The summed E-state index contributed by atoms with van der Waals surface area (Å²) in [5.74, 6) is -0.242. The normalized spacial score (nSPS) is 10.6. The van der Waals surface area contributed by atoms with Crippen molar-refractivity contribution in [3.05, 3.63) is 23.3 Å². The van der Waals surface area contributed by atoms with Gasteiger partial charge in [-0.2, -0.15) is 9.47 Å². The minimum Gasteiger partial charge on any atom is -0.478 e. The molecule has 0 unspecified atom stereocenters. The highest BCUT2D eigenvalue weighted by atomic mass is 32.1. The first-order valence-electron chi connectivity index (χ1n) is 4.74. The number of carboxylic acids is 1. The van der Waals surface area contributed by atoms with Gasteiger partial charge < -0.3 is 5.11 Å². The molecular weight excluding hydrogens is 228 g/mol. The van der Waals surface area contributed by atoms with Crippen LogP contribution in [0.1, 0.15) is 28.8 Å². The minimum atomic E-state index is -0.982. The lowest BCUT2D eigenvalue weighted by Crippen LogP contribution is -1.96. The van der Waals surface area contributed by atoms with Crippen molar-refractivity contribution >= 4 is 17.5 Å². The van der Waals surface area contributed by atoms with Gasteiger partial charge >= 0.3 is 5.97 Å². The van der Waals surface area contributed by atoms with Crippen LogP contribution < -0.4 is 0 Å². The highest BCUT2D eigenvalue weighted by molar-refractivity contribution is 7.08. The van der Waals surface area contributed by atoms with Crippen LogP contribution in [0.15, 0.2) is 6.20 Å². The van der Waals surface area contributed by atoms with Crippen LogP contribution in [0.5, 0.6) is 0 Å². The standard InChI is InChI=1S/C9H10N4O2S/c1-3-7-10-9(16-12-7)13-4-6(8(14)15)5(2)11-13/h4H,3H2,1-2H3,(H,14,15). The lowest BCUT2D eigenvalue weighted by Gasteiger charge is -1.90. The molecule has 2 aromatic rings. The number of aryl methyl sites for hydroxylation is 2. The first-order chi connectivity index (χ1) is 7.61. The molecule has 0 aliphatic rings. The predicted octanol–water partition coefficient (Wildman–Crippen LogP) is 1.29. The van der Waals surface area contributed by atoms with Crippen LogP contribution in [0, 0.1) is 6.92 Å². The average Bonchev–Trinajstić information content (AvgIpc) is 2.83. The van der Waals surface area contributed by atoms with Crippen LogP contribution in [-0.2, 0) is 6.42 Å². The summed E-state index contributed by atoms with van der Waals surface area (Å²) in [6.45, 7) is 3.62. The van der Waals surface area contributed by atoms with E-state index in [0.29, 0.717) is 10.8 Å². The van der Waals surface area contributed by atoms with Gasteiger partial charge in [-0.15, -0.1) is 0 Å². The first-order valence-corrected chi connectivity index (χ1v) is 5.51. The van der Waals surface area contributed by atoms with Gasteiger partial charge in [-0.3, -0.25) is 0 Å². The van der Waals surface area contributed by atoms with Crippen molar-refractivity contribution in [3.8, 4) is 5.13 Å². The Morgan fingerprint density at radius 3 is 2.88 bits per heavy atom. The fourth-order valence-electron chi connectivity index (χ4n) is 1.25. The molecule has 84 valence electrons. The molecule has 1 N–H and O–H groups in total. The van der Waals surface area contributed by atoms with Crippen LogP contribution in [0.2, 0.25) is 0 Å². The molecule has 0 aliphatic heterocycles. The number of aromatic carboxylic acids is 1. The zero-order valence-corrected chi connectivity index (χ0v) is 9.65. The van der Waals surface area contributed by atoms with E-state index in [-0.39, 0.29) is 5.56 Å². The topological polar surface area (TPSA) is 80.9 Å². The summed E-state index contributed by atoms with van der Waals surface area (Å²) in [7, 11) is 0. The SMILES string of the molecule is CCc1nsc(-n2cc(C(=O)O)c(C)n2)n1. The molecule has 0 amide bonds. The smallest absolute Gasteiger partial charge is 0.339 e. The Morgan fingerprint density at radius 2 is 2.38 bits per heavy atom. The summed E-state index contributed by atoms with van der Waals surface area (Å²) in [4.78, 5) is 15.1. The van der Waals surface area contributed by atoms with Crippen LogP contribution in [-0.4, -0.2) is 30.2 Å². The van der Waals surface area contributed by atoms with Crippen molar-refractivity contribution in [2.75, 3.05) is 0 Å². The number of carbonyl (C=O) groups is 1. The molecule has 0 spiro atoms. The lowest BCUT2D eigenvalue weighted by atomic mass is 10.3. The van der Waals surface area contributed by atoms with Gasteiger partial charge in [-0.05, 0) is 6.92 Å². The van der Waals surface area contributed by atoms with Crippen molar-refractivity contribution in [1.29, 1.82) is 0 Å². The van der Waals surface area contributed by atoms with Crippen LogP contribution in [0.4, 0.5) is 0 Å². The Morgan fingerprint density at radius 1 is 1.62 bits per heavy atom. The van der Waals surface area contributed by atoms with Gasteiger partial charge in [-0.1, -0.05) is 6.92 Å². The minimum absolute atomic E-state index is 0.188. The van der Waals surface area contributed by atoms with Crippen molar-refractivity contribution in [3.63, 3.8) is 0 Å². The molecule has 0 aliphatic carbocycles. The fraction of sp³-hybridized carbons (Fsp3) is 0.333. The van der Waals surface area contributed by atoms with Gasteiger partial charge in [0.05, 0.1) is 5.69 Å². The summed E-state index contributed by atoms with van der Waals surface area (Å²) < 4.78 is 5.57. The molecular formula is C9H10N4O2S. The third-order valence-corrected chi connectivity index (χ3v) is 2.84. The summed E-state index contributed by atoms with van der Waals surface area (Å²) in [5.41, 5.74) is 0.661. The zero-order chi connectivity index (χ0) is 11.7. The third kappa shape index (κ3) is 1.81. The maximum atomic E-state index is 10.8. The van der Waals surface area contributed by atoms with E-state index in [4.69, 9.17) is 5.11 Å². The van der Waals surface area contributed by atoms with Crippen molar-refractivity contribution < 1.29 is 9.90 Å². The summed E-state index contributed by atoms with van der Waals surface area (Å²) in [6, 6.07) is 0. The Kier molecular flexibility index (Phi) is 2.69. The van der Waals surface area contributed by atoms with E-state index < -0.39 is 5.97 Å². The first kappa shape index (κ1) is 10.7. The molecule has 0 saturated heterocycles. The van der Waals surface area contributed by atoms with Crippen molar-refractivity contribution in [2.45, 2.75) is 20.3 Å². The lowest BCUT2D eigenvalue weighted by molar-refractivity contribution is 0.0696. The number of hydrogen-bond acceptors (Lipinski definition) is 5. The number of aromatic nitrogens is 4. The maximum absolute atomic E-state index is 10.8. The van der Waals surface area contributed by atoms with Gasteiger partial charge in [0.1, 0.15) is 11.4 Å². The second-order valence-corrected chi connectivity index (χ2v) is 3.95. The fourth-order valence-corrected chi connectivity index (χ4v) is 1.93. The highest BCUT2D eigenvalue weighted by Crippen LogP contribution is 2.14. The predicted molar refractivity (Wildman–Crippen MR) is 58.1 cm³/mol. The van der Waals surface area contributed by atoms with E-state index in [1.54, 1.807) is 6.92 Å². The van der Waals surface area contributed by atoms with E-state index in [1.165, 1.54) is 22.4 Å². The van der Waals surface area contributed by atoms with E-state index >= 15 is 0 Å². The summed E-state index contributed by atoms with van der Waals surface area (Å²) >= 11 is 1.21. The Labute approximate surface area is 95.7 Å². The summed E-state index contributed by atoms with van der Waals surface area (Å²) in [6.07, 6.45) is 2.21. The van der Waals surface area contributed by atoms with E-state index in [0.717, 1.165) is 12.2 Å². The van der Waals surface area contributed by atoms with Gasteiger partial charge in [0.2, 0.25) is 5.13 Å². The third-order valence-electron chi connectivity index (χ3n) is 2.10. The molecule has 2 heterocycles. The quantitative estimate of drug-likeness (QED) is 0.871. The Balaban J connectivity index is 2.41. The maximum Gasteiger partial charge on any atom is 0.339 e. The van der Waals surface area contributed by atoms with E-state index in [9.17, 15) is 4.79 Å². The largest absolute Gasteiger partial charge is 0.478 e. The monoisotopic (exact) mass is 238 g/mol. The van der Waals surface area contributed by atoms with Crippen LogP contribution >= 0.6 is 11.5 Å². The Bertz CT molecular complexity index is 531. The molecule has 0 fully saturated rings. The highest BCUT2D eigenvalue weighted by Gasteiger charge is 2.14. The number of carboxylic acid groups (broad SMARTS) is 1. The number of hydrogen-bond donors (Lipinski definition) is 1. The molecule has 2 rings (SSSR count). The van der Waals surface area contributed by atoms with Crippen molar-refractivity contribution in [1.82, 2.24) is 19.1 Å².